The number of aromatic amines is 1. The maximum Gasteiger partial charge on any atom is 0.123 e. The summed E-state index contributed by atoms with van der Waals surface area (Å²) >= 11 is 0. The van der Waals surface area contributed by atoms with Gasteiger partial charge in [-0.25, -0.2) is 0 Å². The van der Waals surface area contributed by atoms with Gasteiger partial charge in [-0.05, 0) is 51.2 Å². The van der Waals surface area contributed by atoms with E-state index in [9.17, 15) is 0 Å². The van der Waals surface area contributed by atoms with E-state index in [1.165, 1.54) is 11.1 Å². The van der Waals surface area contributed by atoms with Crippen molar-refractivity contribution in [1.82, 2.24) is 10.2 Å². The Labute approximate surface area is 113 Å². The molecule has 0 radical (unpaired) electrons. The summed E-state index contributed by atoms with van der Waals surface area (Å²) in [5.74, 6) is 0.992. The zero-order valence-electron chi connectivity index (χ0n) is 11.6. The molecule has 2 aromatic rings. The summed E-state index contributed by atoms with van der Waals surface area (Å²) in [5, 5.41) is 8.32. The van der Waals surface area contributed by atoms with Crippen LogP contribution in [0.2, 0.25) is 0 Å². The van der Waals surface area contributed by atoms with Crippen LogP contribution in [0.15, 0.2) is 12.3 Å². The minimum absolute atomic E-state index is 0.308. The molecule has 4 nitrogen and oxygen atoms in total. The molecule has 3 N–H and O–H groups in total. The van der Waals surface area contributed by atoms with Gasteiger partial charge in [-0.2, -0.15) is 5.10 Å². The zero-order valence-corrected chi connectivity index (χ0v) is 11.6. The van der Waals surface area contributed by atoms with E-state index in [0.29, 0.717) is 12.1 Å². The third kappa shape index (κ3) is 2.32. The number of aryl methyl sites for hydroxylation is 2. The molecule has 1 aromatic heterocycles. The van der Waals surface area contributed by atoms with Gasteiger partial charge in [-0.3, -0.25) is 5.10 Å². The number of nitrogens with two attached hydrogens (primary N) is 1. The second-order valence-electron chi connectivity index (χ2n) is 5.63. The normalized spacial score (nSPS) is 23.7. The molecular weight excluding hydrogens is 238 g/mol. The van der Waals surface area contributed by atoms with Gasteiger partial charge < -0.3 is 10.5 Å². The van der Waals surface area contributed by atoms with Crippen LogP contribution < -0.4 is 10.5 Å². The van der Waals surface area contributed by atoms with Crippen LogP contribution in [0.4, 0.5) is 0 Å². The smallest absolute Gasteiger partial charge is 0.123 e. The lowest BCUT2D eigenvalue weighted by Crippen LogP contribution is -2.31. The summed E-state index contributed by atoms with van der Waals surface area (Å²) in [5.41, 5.74) is 9.40. The van der Waals surface area contributed by atoms with Crippen LogP contribution in [0.25, 0.3) is 10.9 Å². The first-order valence-corrected chi connectivity index (χ1v) is 7.00. The molecule has 0 amide bonds. The molecule has 4 heteroatoms. The molecule has 102 valence electrons. The molecule has 0 saturated heterocycles. The Morgan fingerprint density at radius 1 is 1.26 bits per heavy atom. The number of hydrogen-bond donors (Lipinski definition) is 2. The van der Waals surface area contributed by atoms with Crippen LogP contribution in [0.1, 0.15) is 36.8 Å². The number of nitrogens with one attached hydrogen (secondary N) is 1. The lowest BCUT2D eigenvalue weighted by molar-refractivity contribution is 0.146. The lowest BCUT2D eigenvalue weighted by atomic mass is 9.93. The molecule has 1 aromatic carbocycles. The lowest BCUT2D eigenvalue weighted by Gasteiger charge is -2.27. The Kier molecular flexibility index (Phi) is 3.19. The number of fused-ring (bicyclic) bond motifs is 1. The molecule has 1 heterocycles. The second-order valence-corrected chi connectivity index (χ2v) is 5.63. The number of ether oxygens (including phenoxy) is 1. The van der Waals surface area contributed by atoms with E-state index in [0.717, 1.165) is 42.3 Å². The van der Waals surface area contributed by atoms with E-state index >= 15 is 0 Å². The van der Waals surface area contributed by atoms with Crippen molar-refractivity contribution in [2.75, 3.05) is 0 Å². The molecule has 0 bridgehead atoms. The van der Waals surface area contributed by atoms with E-state index in [4.69, 9.17) is 10.5 Å². The molecule has 0 spiro atoms. The molecule has 3 rings (SSSR count). The molecule has 1 aliphatic rings. The van der Waals surface area contributed by atoms with Crippen LogP contribution >= 0.6 is 0 Å². The Hall–Kier alpha value is -1.55. The third-order valence-corrected chi connectivity index (χ3v) is 4.17. The first-order chi connectivity index (χ1) is 9.15. The number of rotatable bonds is 2. The maximum atomic E-state index is 6.20. The highest BCUT2D eigenvalue weighted by molar-refractivity contribution is 5.86. The van der Waals surface area contributed by atoms with Crippen molar-refractivity contribution in [3.63, 3.8) is 0 Å². The van der Waals surface area contributed by atoms with Gasteiger partial charge >= 0.3 is 0 Å². The molecule has 1 aliphatic carbocycles. The first kappa shape index (κ1) is 12.5. The van der Waals surface area contributed by atoms with E-state index in [1.54, 1.807) is 0 Å². The van der Waals surface area contributed by atoms with Crippen molar-refractivity contribution in [3.05, 3.63) is 23.4 Å². The van der Waals surface area contributed by atoms with Gasteiger partial charge in [0.05, 0.1) is 17.8 Å². The summed E-state index contributed by atoms with van der Waals surface area (Å²) in [6, 6.07) is 2.48. The molecular formula is C15H21N3O. The van der Waals surface area contributed by atoms with Crippen molar-refractivity contribution in [3.8, 4) is 5.75 Å². The van der Waals surface area contributed by atoms with Gasteiger partial charge in [0.2, 0.25) is 0 Å². The van der Waals surface area contributed by atoms with Crippen LogP contribution in [0, 0.1) is 13.8 Å². The first-order valence-electron chi connectivity index (χ1n) is 7.00. The highest BCUT2D eigenvalue weighted by Crippen LogP contribution is 2.31. The largest absolute Gasteiger partial charge is 0.490 e. The van der Waals surface area contributed by atoms with Gasteiger partial charge in [0.15, 0.2) is 0 Å². The number of H-pyrrole nitrogens is 1. The minimum Gasteiger partial charge on any atom is -0.490 e. The quantitative estimate of drug-likeness (QED) is 0.871. The molecule has 1 fully saturated rings. The Morgan fingerprint density at radius 2 is 2.00 bits per heavy atom. The fourth-order valence-corrected chi connectivity index (χ4v) is 2.89. The second kappa shape index (κ2) is 4.85. The average Bonchev–Trinajstić information content (AvgIpc) is 2.88. The van der Waals surface area contributed by atoms with Gasteiger partial charge in [0.25, 0.3) is 0 Å². The number of nitrogens with zero attached hydrogens (tertiary/aromatic N) is 1. The Bertz CT molecular complexity index is 582. The molecule has 1 saturated carbocycles. The topological polar surface area (TPSA) is 63.9 Å². The minimum atomic E-state index is 0.308. The third-order valence-electron chi connectivity index (χ3n) is 4.17. The number of hydrogen-bond acceptors (Lipinski definition) is 3. The van der Waals surface area contributed by atoms with E-state index in [-0.39, 0.29) is 0 Å². The fourth-order valence-electron chi connectivity index (χ4n) is 2.89. The Balaban J connectivity index is 1.86. The highest BCUT2D eigenvalue weighted by Gasteiger charge is 2.21. The predicted octanol–water partition coefficient (Wildman–Crippen LogP) is 2.83. The number of aromatic nitrogens is 2. The van der Waals surface area contributed by atoms with E-state index in [2.05, 4.69) is 30.1 Å². The summed E-state index contributed by atoms with van der Waals surface area (Å²) in [6.45, 7) is 4.19. The van der Waals surface area contributed by atoms with Crippen molar-refractivity contribution in [2.45, 2.75) is 51.7 Å². The summed E-state index contributed by atoms with van der Waals surface area (Å²) < 4.78 is 6.20. The number of benzene rings is 1. The molecule has 0 aliphatic heterocycles. The van der Waals surface area contributed by atoms with Crippen LogP contribution in [-0.4, -0.2) is 22.3 Å². The van der Waals surface area contributed by atoms with Gasteiger partial charge in [0.1, 0.15) is 5.75 Å². The summed E-state index contributed by atoms with van der Waals surface area (Å²) in [4.78, 5) is 0. The van der Waals surface area contributed by atoms with Crippen LogP contribution in [0.3, 0.4) is 0 Å². The average molecular weight is 259 g/mol. The van der Waals surface area contributed by atoms with Crippen molar-refractivity contribution in [1.29, 1.82) is 0 Å². The predicted molar refractivity (Wildman–Crippen MR) is 76.4 cm³/mol. The maximum absolute atomic E-state index is 6.20. The van der Waals surface area contributed by atoms with Gasteiger partial charge in [0, 0.05) is 17.0 Å². The monoisotopic (exact) mass is 259 g/mol. The highest BCUT2D eigenvalue weighted by atomic mass is 16.5. The van der Waals surface area contributed by atoms with E-state index < -0.39 is 0 Å². The van der Waals surface area contributed by atoms with Crippen molar-refractivity contribution < 1.29 is 4.74 Å². The molecule has 0 atom stereocenters. The molecule has 0 unspecified atom stereocenters. The van der Waals surface area contributed by atoms with Crippen molar-refractivity contribution in [2.24, 2.45) is 5.73 Å². The van der Waals surface area contributed by atoms with Crippen LogP contribution in [0.5, 0.6) is 5.75 Å². The summed E-state index contributed by atoms with van der Waals surface area (Å²) in [7, 11) is 0. The SMILES string of the molecule is Cc1c(O[C@H]2CC[C@@H](N)CC2)cc(C)c2[nH]ncc12. The fraction of sp³-hybridized carbons (Fsp3) is 0.533. The Morgan fingerprint density at radius 3 is 2.74 bits per heavy atom. The molecule has 19 heavy (non-hydrogen) atoms. The summed E-state index contributed by atoms with van der Waals surface area (Å²) in [6.07, 6.45) is 6.43. The van der Waals surface area contributed by atoms with Gasteiger partial charge in [-0.15, -0.1) is 0 Å². The zero-order chi connectivity index (χ0) is 13.4. The van der Waals surface area contributed by atoms with Crippen molar-refractivity contribution >= 4 is 10.9 Å². The van der Waals surface area contributed by atoms with Crippen LogP contribution in [-0.2, 0) is 0 Å². The van der Waals surface area contributed by atoms with Gasteiger partial charge in [-0.1, -0.05) is 0 Å². The van der Waals surface area contributed by atoms with E-state index in [1.807, 2.05) is 6.20 Å². The standard InChI is InChI=1S/C15H21N3O/c1-9-7-14(10(2)13-8-17-18-15(9)13)19-12-5-3-11(16)4-6-12/h7-8,11-12H,3-6,16H2,1-2H3,(H,17,18)/t11-,12+.